The first-order valence-electron chi connectivity index (χ1n) is 5.60. The fourth-order valence-electron chi connectivity index (χ4n) is 1.46. The normalized spacial score (nSPS) is 10.4. The zero-order valence-corrected chi connectivity index (χ0v) is 10.7. The molecule has 1 heterocycles. The Labute approximate surface area is 105 Å². The Hall–Kier alpha value is -1.82. The van der Waals surface area contributed by atoms with Gasteiger partial charge in [0.2, 0.25) is 5.91 Å². The molecule has 0 aromatic carbocycles. The lowest BCUT2D eigenvalue weighted by Crippen LogP contribution is -2.29. The van der Waals surface area contributed by atoms with Crippen LogP contribution in [0.1, 0.15) is 28.8 Å². The molecule has 6 heteroatoms. The van der Waals surface area contributed by atoms with Gasteiger partial charge in [-0.15, -0.1) is 0 Å². The summed E-state index contributed by atoms with van der Waals surface area (Å²) in [6.07, 6.45) is 0. The van der Waals surface area contributed by atoms with Crippen LogP contribution in [0.2, 0.25) is 0 Å². The third kappa shape index (κ3) is 3.59. The summed E-state index contributed by atoms with van der Waals surface area (Å²) in [7, 11) is 1.61. The van der Waals surface area contributed by atoms with Gasteiger partial charge in [-0.2, -0.15) is 0 Å². The number of carbonyl (C=O) groups excluding carboxylic acids is 1. The SMILES string of the molecule is CCOCC(=O)N(C)Cc1cc(C(=O)O)c(C)o1. The quantitative estimate of drug-likeness (QED) is 0.828. The number of carbonyl (C=O) groups is 2. The van der Waals surface area contributed by atoms with E-state index in [0.29, 0.717) is 18.1 Å². The van der Waals surface area contributed by atoms with Crippen LogP contribution in [0.5, 0.6) is 0 Å². The van der Waals surface area contributed by atoms with Gasteiger partial charge < -0.3 is 19.2 Å². The van der Waals surface area contributed by atoms with Crippen molar-refractivity contribution in [3.8, 4) is 0 Å². The van der Waals surface area contributed by atoms with Gasteiger partial charge in [-0.25, -0.2) is 4.79 Å². The minimum Gasteiger partial charge on any atom is -0.478 e. The molecular weight excluding hydrogens is 238 g/mol. The number of rotatable bonds is 6. The number of hydrogen-bond acceptors (Lipinski definition) is 4. The lowest BCUT2D eigenvalue weighted by Gasteiger charge is -2.15. The molecule has 100 valence electrons. The van der Waals surface area contributed by atoms with Gasteiger partial charge in [0.05, 0.1) is 6.54 Å². The van der Waals surface area contributed by atoms with Crippen LogP contribution < -0.4 is 0 Å². The van der Waals surface area contributed by atoms with Crippen LogP contribution in [0.25, 0.3) is 0 Å². The summed E-state index contributed by atoms with van der Waals surface area (Å²) in [5.74, 6) is -0.436. The highest BCUT2D eigenvalue weighted by molar-refractivity contribution is 5.88. The number of nitrogens with zero attached hydrogens (tertiary/aromatic N) is 1. The van der Waals surface area contributed by atoms with Gasteiger partial charge in [0, 0.05) is 13.7 Å². The minimum atomic E-state index is -1.04. The van der Waals surface area contributed by atoms with Gasteiger partial charge in [-0.3, -0.25) is 4.79 Å². The van der Waals surface area contributed by atoms with E-state index in [1.165, 1.54) is 11.0 Å². The molecule has 0 atom stereocenters. The molecule has 0 fully saturated rings. The molecule has 0 radical (unpaired) electrons. The maximum absolute atomic E-state index is 11.6. The number of carboxylic acids is 1. The molecule has 1 rings (SSSR count). The molecule has 0 spiro atoms. The van der Waals surface area contributed by atoms with Gasteiger partial charge in [-0.05, 0) is 19.9 Å². The van der Waals surface area contributed by atoms with E-state index in [1.807, 2.05) is 6.92 Å². The fraction of sp³-hybridized carbons (Fsp3) is 0.500. The lowest BCUT2D eigenvalue weighted by atomic mass is 10.2. The van der Waals surface area contributed by atoms with Gasteiger partial charge in [0.15, 0.2) is 0 Å². The first kappa shape index (κ1) is 14.2. The van der Waals surface area contributed by atoms with Gasteiger partial charge >= 0.3 is 5.97 Å². The second kappa shape index (κ2) is 6.20. The number of likely N-dealkylation sites (N-methyl/N-ethyl adjacent to an activating group) is 1. The number of carboxylic acid groups (broad SMARTS) is 1. The van der Waals surface area contributed by atoms with Crippen LogP contribution in [0.4, 0.5) is 0 Å². The Morgan fingerprint density at radius 1 is 1.50 bits per heavy atom. The van der Waals surface area contributed by atoms with E-state index in [2.05, 4.69) is 0 Å². The molecule has 1 N–H and O–H groups in total. The number of furan rings is 1. The Bertz CT molecular complexity index is 438. The van der Waals surface area contributed by atoms with Gasteiger partial charge in [0.1, 0.15) is 23.7 Å². The first-order valence-corrected chi connectivity index (χ1v) is 5.60. The largest absolute Gasteiger partial charge is 0.478 e. The van der Waals surface area contributed by atoms with Crippen molar-refractivity contribution in [3.63, 3.8) is 0 Å². The Kier molecular flexibility index (Phi) is 4.91. The van der Waals surface area contributed by atoms with Crippen molar-refractivity contribution < 1.29 is 23.8 Å². The van der Waals surface area contributed by atoms with Crippen molar-refractivity contribution in [2.45, 2.75) is 20.4 Å². The summed E-state index contributed by atoms with van der Waals surface area (Å²) >= 11 is 0. The zero-order chi connectivity index (χ0) is 13.7. The molecule has 0 saturated carbocycles. The van der Waals surface area contributed by atoms with E-state index in [9.17, 15) is 9.59 Å². The van der Waals surface area contributed by atoms with Crippen molar-refractivity contribution in [3.05, 3.63) is 23.2 Å². The number of hydrogen-bond donors (Lipinski definition) is 1. The molecule has 0 aliphatic rings. The molecule has 0 unspecified atom stereocenters. The maximum atomic E-state index is 11.6. The van der Waals surface area contributed by atoms with Crippen LogP contribution in [0.15, 0.2) is 10.5 Å². The predicted octanol–water partition coefficient (Wildman–Crippen LogP) is 1.28. The monoisotopic (exact) mass is 255 g/mol. The molecule has 1 aromatic rings. The molecule has 18 heavy (non-hydrogen) atoms. The maximum Gasteiger partial charge on any atom is 0.339 e. The highest BCUT2D eigenvalue weighted by atomic mass is 16.5. The molecule has 0 bridgehead atoms. The average molecular weight is 255 g/mol. The summed E-state index contributed by atoms with van der Waals surface area (Å²) in [5.41, 5.74) is 0.121. The topological polar surface area (TPSA) is 80.0 Å². The summed E-state index contributed by atoms with van der Waals surface area (Å²) in [4.78, 5) is 23.8. The Morgan fingerprint density at radius 2 is 2.17 bits per heavy atom. The number of aromatic carboxylic acids is 1. The molecule has 0 aliphatic heterocycles. The molecule has 1 amide bonds. The zero-order valence-electron chi connectivity index (χ0n) is 10.7. The lowest BCUT2D eigenvalue weighted by molar-refractivity contribution is -0.135. The van der Waals surface area contributed by atoms with Crippen LogP contribution >= 0.6 is 0 Å². The van der Waals surface area contributed by atoms with Crippen molar-refractivity contribution in [1.29, 1.82) is 0 Å². The second-order valence-electron chi connectivity index (χ2n) is 3.87. The Balaban J connectivity index is 2.64. The number of ether oxygens (including phenoxy) is 1. The van der Waals surface area contributed by atoms with E-state index in [1.54, 1.807) is 14.0 Å². The summed E-state index contributed by atoms with van der Waals surface area (Å²) in [6, 6.07) is 1.43. The van der Waals surface area contributed by atoms with Crippen LogP contribution in [0, 0.1) is 6.92 Å². The van der Waals surface area contributed by atoms with E-state index < -0.39 is 5.97 Å². The standard InChI is InChI=1S/C12H17NO5/c1-4-17-7-11(14)13(3)6-9-5-10(12(15)16)8(2)18-9/h5H,4,6-7H2,1-3H3,(H,15,16). The number of amides is 1. The van der Waals surface area contributed by atoms with E-state index in [-0.39, 0.29) is 24.6 Å². The molecule has 6 nitrogen and oxygen atoms in total. The minimum absolute atomic E-state index is 0.0124. The van der Waals surface area contributed by atoms with Crippen molar-refractivity contribution in [2.24, 2.45) is 0 Å². The number of aryl methyl sites for hydroxylation is 1. The highest BCUT2D eigenvalue weighted by Crippen LogP contribution is 2.15. The van der Waals surface area contributed by atoms with Gasteiger partial charge in [0.25, 0.3) is 0 Å². The van der Waals surface area contributed by atoms with E-state index in [4.69, 9.17) is 14.3 Å². The van der Waals surface area contributed by atoms with E-state index >= 15 is 0 Å². The van der Waals surface area contributed by atoms with Crippen LogP contribution in [0.3, 0.4) is 0 Å². The fourth-order valence-corrected chi connectivity index (χ4v) is 1.46. The first-order chi connectivity index (χ1) is 8.45. The third-order valence-electron chi connectivity index (χ3n) is 2.45. The molecular formula is C12H17NO5. The smallest absolute Gasteiger partial charge is 0.339 e. The highest BCUT2D eigenvalue weighted by Gasteiger charge is 2.16. The van der Waals surface area contributed by atoms with Gasteiger partial charge in [-0.1, -0.05) is 0 Å². The second-order valence-corrected chi connectivity index (χ2v) is 3.87. The summed E-state index contributed by atoms with van der Waals surface area (Å²) < 4.78 is 10.3. The van der Waals surface area contributed by atoms with Crippen LogP contribution in [-0.2, 0) is 16.1 Å². The van der Waals surface area contributed by atoms with Crippen molar-refractivity contribution in [2.75, 3.05) is 20.3 Å². The summed E-state index contributed by atoms with van der Waals surface area (Å²) in [6.45, 7) is 4.10. The third-order valence-corrected chi connectivity index (χ3v) is 2.45. The average Bonchev–Trinajstić information content (AvgIpc) is 2.67. The van der Waals surface area contributed by atoms with Crippen molar-refractivity contribution >= 4 is 11.9 Å². The summed E-state index contributed by atoms with van der Waals surface area (Å²) in [5, 5.41) is 8.88. The predicted molar refractivity (Wildman–Crippen MR) is 63.4 cm³/mol. The molecule has 0 saturated heterocycles. The van der Waals surface area contributed by atoms with E-state index in [0.717, 1.165) is 0 Å². The van der Waals surface area contributed by atoms with Crippen molar-refractivity contribution in [1.82, 2.24) is 4.90 Å². The molecule has 0 aliphatic carbocycles. The molecule has 1 aromatic heterocycles. The van der Waals surface area contributed by atoms with Crippen LogP contribution in [-0.4, -0.2) is 42.1 Å². The Morgan fingerprint density at radius 3 is 2.67 bits per heavy atom.